The summed E-state index contributed by atoms with van der Waals surface area (Å²) < 4.78 is 0. The Labute approximate surface area is 178 Å². The first-order valence-electron chi connectivity index (χ1n) is 9.66. The van der Waals surface area contributed by atoms with Crippen molar-refractivity contribution in [3.63, 3.8) is 0 Å². The van der Waals surface area contributed by atoms with E-state index in [9.17, 15) is 9.90 Å². The molecule has 0 unspecified atom stereocenters. The van der Waals surface area contributed by atoms with E-state index in [4.69, 9.17) is 5.41 Å². The van der Waals surface area contributed by atoms with Gasteiger partial charge in [0, 0.05) is 13.6 Å². The highest BCUT2D eigenvalue weighted by molar-refractivity contribution is 8.26. The number of aliphatic imine (C=N–C) groups is 1. The maximum atomic E-state index is 12.7. The van der Waals surface area contributed by atoms with Crippen LogP contribution in [0.25, 0.3) is 0 Å². The summed E-state index contributed by atoms with van der Waals surface area (Å²) in [4.78, 5) is 16.8. The fraction of sp³-hybridized carbons (Fsp3) is 0.571. The lowest BCUT2D eigenvalue weighted by Crippen LogP contribution is -2.49. The number of aliphatic hydroxyl groups is 1. The van der Waals surface area contributed by atoms with E-state index in [1.165, 1.54) is 11.8 Å². The molecule has 0 spiro atoms. The lowest BCUT2D eigenvalue weighted by molar-refractivity contribution is 0.0749. The first kappa shape index (κ1) is 25.0. The van der Waals surface area contributed by atoms with E-state index in [-0.39, 0.29) is 11.4 Å². The van der Waals surface area contributed by atoms with Crippen LogP contribution in [0.15, 0.2) is 29.3 Å². The van der Waals surface area contributed by atoms with Crippen molar-refractivity contribution in [1.29, 1.82) is 5.41 Å². The van der Waals surface area contributed by atoms with Gasteiger partial charge in [-0.15, -0.1) is 0 Å². The average molecular weight is 422 g/mol. The Balaban J connectivity index is 2.85. The smallest absolute Gasteiger partial charge is 0.319 e. The van der Waals surface area contributed by atoms with Crippen LogP contribution in [-0.2, 0) is 0 Å². The Morgan fingerprint density at radius 2 is 1.79 bits per heavy atom. The van der Waals surface area contributed by atoms with Crippen molar-refractivity contribution < 1.29 is 9.90 Å². The highest BCUT2D eigenvalue weighted by Crippen LogP contribution is 2.26. The third-order valence-corrected chi connectivity index (χ3v) is 5.14. The molecule has 0 aliphatic carbocycles. The Kier molecular flexibility index (Phi) is 9.16. The number of nitrogens with zero attached hydrogens (tertiary/aromatic N) is 1. The van der Waals surface area contributed by atoms with Gasteiger partial charge in [0.15, 0.2) is 0 Å². The molecule has 0 saturated carbocycles. The molecule has 5 N–H and O–H groups in total. The van der Waals surface area contributed by atoms with Crippen LogP contribution in [0.5, 0.6) is 0 Å². The third kappa shape index (κ3) is 9.32. The summed E-state index contributed by atoms with van der Waals surface area (Å²) in [5.74, 6) is 0. The minimum absolute atomic E-state index is 0.333. The van der Waals surface area contributed by atoms with Gasteiger partial charge in [0.2, 0.25) is 0 Å². The van der Waals surface area contributed by atoms with Gasteiger partial charge in [0.1, 0.15) is 0 Å². The minimum Gasteiger partial charge on any atom is -0.390 e. The number of para-hydroxylation sites is 2. The molecule has 162 valence electrons. The zero-order valence-corrected chi connectivity index (χ0v) is 19.3. The maximum absolute atomic E-state index is 12.7. The van der Waals surface area contributed by atoms with Crippen molar-refractivity contribution in [3.05, 3.63) is 24.3 Å². The second kappa shape index (κ2) is 10.6. The molecule has 2 amide bonds. The average Bonchev–Trinajstić information content (AvgIpc) is 2.58. The maximum Gasteiger partial charge on any atom is 0.319 e. The molecule has 7 nitrogen and oxygen atoms in total. The minimum atomic E-state index is -0.759. The SMILES string of the molecule is C/N=C(/C)SC(=N)[C@@H](NC(=O)Nc1ccccc1NCCC(C)(C)O)C(C)(C)C. The second-order valence-corrected chi connectivity index (χ2v) is 9.88. The fourth-order valence-electron chi connectivity index (χ4n) is 2.48. The number of hydrogen-bond donors (Lipinski definition) is 5. The molecule has 29 heavy (non-hydrogen) atoms. The molecular formula is C21H35N5O2S. The first-order chi connectivity index (χ1) is 13.3. The predicted octanol–water partition coefficient (Wildman–Crippen LogP) is 4.55. The van der Waals surface area contributed by atoms with Gasteiger partial charge in [-0.3, -0.25) is 10.4 Å². The van der Waals surface area contributed by atoms with Crippen molar-refractivity contribution >= 4 is 39.3 Å². The molecule has 1 atom stereocenters. The molecule has 0 bridgehead atoms. The quantitative estimate of drug-likeness (QED) is 0.328. The van der Waals surface area contributed by atoms with Crippen molar-refractivity contribution in [2.24, 2.45) is 10.4 Å². The van der Waals surface area contributed by atoms with Gasteiger partial charge in [0.25, 0.3) is 0 Å². The molecule has 0 aliphatic heterocycles. The highest BCUT2D eigenvalue weighted by Gasteiger charge is 2.31. The molecule has 1 aromatic rings. The van der Waals surface area contributed by atoms with E-state index in [0.29, 0.717) is 23.7 Å². The summed E-state index contributed by atoms with van der Waals surface area (Å²) in [5, 5.41) is 28.4. The van der Waals surface area contributed by atoms with Gasteiger partial charge in [-0.25, -0.2) is 4.79 Å². The van der Waals surface area contributed by atoms with Crippen molar-refractivity contribution in [2.45, 2.75) is 59.6 Å². The molecule has 0 radical (unpaired) electrons. The molecule has 1 rings (SSSR count). The summed E-state index contributed by atoms with van der Waals surface area (Å²) in [5.41, 5.74) is 0.321. The van der Waals surface area contributed by atoms with Gasteiger partial charge < -0.3 is 21.1 Å². The highest BCUT2D eigenvalue weighted by atomic mass is 32.2. The molecule has 8 heteroatoms. The number of anilines is 2. The molecular weight excluding hydrogens is 386 g/mol. The number of thioether (sulfide) groups is 1. The Morgan fingerprint density at radius 1 is 1.21 bits per heavy atom. The molecule has 0 fully saturated rings. The van der Waals surface area contributed by atoms with Crippen molar-refractivity contribution in [2.75, 3.05) is 24.2 Å². The predicted molar refractivity (Wildman–Crippen MR) is 126 cm³/mol. The first-order valence-corrected chi connectivity index (χ1v) is 10.5. The largest absolute Gasteiger partial charge is 0.390 e. The summed E-state index contributed by atoms with van der Waals surface area (Å²) in [6.07, 6.45) is 0.576. The number of amides is 2. The van der Waals surface area contributed by atoms with Gasteiger partial charge >= 0.3 is 6.03 Å². The number of carbonyl (C=O) groups is 1. The van der Waals surface area contributed by atoms with E-state index in [1.54, 1.807) is 20.9 Å². The zero-order chi connectivity index (χ0) is 22.2. The Hall–Kier alpha value is -2.06. The summed E-state index contributed by atoms with van der Waals surface area (Å²) >= 11 is 1.25. The lowest BCUT2D eigenvalue weighted by atomic mass is 9.87. The van der Waals surface area contributed by atoms with Crippen LogP contribution >= 0.6 is 11.8 Å². The number of nitrogens with one attached hydrogen (secondary N) is 4. The third-order valence-electron chi connectivity index (χ3n) is 4.20. The van der Waals surface area contributed by atoms with Crippen LogP contribution in [0.4, 0.5) is 16.2 Å². The Bertz CT molecular complexity index is 735. The number of benzene rings is 1. The van der Waals surface area contributed by atoms with Crippen LogP contribution in [0.1, 0.15) is 48.0 Å². The van der Waals surface area contributed by atoms with Crippen LogP contribution in [0.2, 0.25) is 0 Å². The molecule has 0 heterocycles. The molecule has 0 aliphatic rings. The molecule has 0 saturated heterocycles. The number of urea groups is 1. The van der Waals surface area contributed by atoms with Gasteiger partial charge in [-0.05, 0) is 44.7 Å². The van der Waals surface area contributed by atoms with Crippen molar-refractivity contribution in [3.8, 4) is 0 Å². The lowest BCUT2D eigenvalue weighted by Gasteiger charge is -2.31. The fourth-order valence-corrected chi connectivity index (χ4v) is 3.42. The monoisotopic (exact) mass is 421 g/mol. The second-order valence-electron chi connectivity index (χ2n) is 8.64. The summed E-state index contributed by atoms with van der Waals surface area (Å²) in [6, 6.07) is 6.58. The van der Waals surface area contributed by atoms with E-state index in [2.05, 4.69) is 20.9 Å². The Morgan fingerprint density at radius 3 is 2.31 bits per heavy atom. The normalized spacial score (nSPS) is 13.6. The zero-order valence-electron chi connectivity index (χ0n) is 18.5. The van der Waals surface area contributed by atoms with E-state index in [1.807, 2.05) is 52.0 Å². The van der Waals surface area contributed by atoms with Crippen LogP contribution in [0.3, 0.4) is 0 Å². The van der Waals surface area contributed by atoms with Gasteiger partial charge in [-0.1, -0.05) is 44.7 Å². The van der Waals surface area contributed by atoms with Gasteiger partial charge in [0.05, 0.1) is 33.1 Å². The number of carbonyl (C=O) groups excluding carboxylic acids is 1. The number of hydrogen-bond acceptors (Lipinski definition) is 6. The summed E-state index contributed by atoms with van der Waals surface area (Å²) in [6.45, 7) is 11.9. The molecule has 0 aromatic heterocycles. The van der Waals surface area contributed by atoms with E-state index >= 15 is 0 Å². The number of rotatable bonds is 7. The van der Waals surface area contributed by atoms with Crippen LogP contribution < -0.4 is 16.0 Å². The van der Waals surface area contributed by atoms with E-state index < -0.39 is 11.6 Å². The van der Waals surface area contributed by atoms with Crippen LogP contribution in [-0.4, -0.2) is 46.5 Å². The molecule has 1 aromatic carbocycles. The summed E-state index contributed by atoms with van der Waals surface area (Å²) in [7, 11) is 1.68. The standard InChI is InChI=1S/C21H35N5O2S/c1-14(23-7)29-18(22)17(20(2,3)4)26-19(27)25-16-11-9-8-10-15(16)24-13-12-21(5,6)28/h8-11,17,22,24,28H,12-13H2,1-7H3,(H2,25,26,27)/b22-18?,23-14-/t17-/m1/s1. The van der Waals surface area contributed by atoms with E-state index in [0.717, 1.165) is 10.7 Å². The van der Waals surface area contributed by atoms with Gasteiger partial charge in [-0.2, -0.15) is 0 Å². The van der Waals surface area contributed by atoms with Crippen molar-refractivity contribution in [1.82, 2.24) is 5.32 Å². The van der Waals surface area contributed by atoms with Crippen LogP contribution in [0, 0.1) is 10.8 Å². The topological polar surface area (TPSA) is 110 Å².